The number of rotatable bonds is 7. The van der Waals surface area contributed by atoms with Gasteiger partial charge in [0.1, 0.15) is 5.25 Å². The highest BCUT2D eigenvalue weighted by atomic mass is 32.2. The van der Waals surface area contributed by atoms with E-state index in [1.165, 1.54) is 23.8 Å². The highest BCUT2D eigenvalue weighted by Crippen LogP contribution is 2.53. The molecule has 0 saturated carbocycles. The van der Waals surface area contributed by atoms with Crippen molar-refractivity contribution in [2.75, 3.05) is 23.9 Å². The molecule has 11 heteroatoms. The van der Waals surface area contributed by atoms with Gasteiger partial charge < -0.3 is 19.8 Å². The Morgan fingerprint density at radius 1 is 0.909 bits per heavy atom. The zero-order chi connectivity index (χ0) is 30.4. The lowest BCUT2D eigenvalue weighted by Gasteiger charge is -2.30. The molecule has 3 unspecified atom stereocenters. The predicted molar refractivity (Wildman–Crippen MR) is 170 cm³/mol. The third kappa shape index (κ3) is 4.83. The van der Waals surface area contributed by atoms with Crippen LogP contribution < -0.4 is 24.6 Å². The number of thiazole rings is 1. The fourth-order valence-corrected chi connectivity index (χ4v) is 8.38. The van der Waals surface area contributed by atoms with Crippen molar-refractivity contribution >= 4 is 63.0 Å². The van der Waals surface area contributed by atoms with E-state index in [9.17, 15) is 19.2 Å². The number of nitrogens with one attached hydrogen (secondary N) is 2. The van der Waals surface area contributed by atoms with E-state index in [0.717, 1.165) is 22.1 Å². The second-order valence-corrected chi connectivity index (χ2v) is 12.5. The third-order valence-electron chi connectivity index (χ3n) is 7.81. The Labute approximate surface area is 259 Å². The zero-order valence-corrected chi connectivity index (χ0v) is 24.9. The maximum Gasteiger partial charge on any atom is 0.305 e. The minimum atomic E-state index is -0.727. The Bertz CT molecular complexity index is 1980. The number of imide groups is 1. The standard InChI is InChI=1S/C33H25N3O6S2/c1-41-24-16-19(14-15-23(24)42-17-25(37)34-22-13-7-9-18-8-5-6-12-21(18)22)26-27-29(43-30-28(26)44-33(40)35-30)32(39)36(31(27)38)20-10-3-2-4-11-20/h2-16,26-27,29H,17H2,1H3,(H,34,37)(H,35,40). The second kappa shape index (κ2) is 11.3. The molecule has 1 fully saturated rings. The molecule has 3 atom stereocenters. The Kier molecular flexibility index (Phi) is 7.19. The highest BCUT2D eigenvalue weighted by molar-refractivity contribution is 8.00. The van der Waals surface area contributed by atoms with Crippen LogP contribution in [0.4, 0.5) is 11.4 Å². The van der Waals surface area contributed by atoms with Crippen molar-refractivity contribution in [3.05, 3.63) is 111 Å². The first-order chi connectivity index (χ1) is 21.4. The number of ether oxygens (including phenoxy) is 2. The van der Waals surface area contributed by atoms with Crippen LogP contribution in [-0.2, 0) is 14.4 Å². The number of nitrogens with zero attached hydrogens (tertiary/aromatic N) is 1. The van der Waals surface area contributed by atoms with Crippen LogP contribution in [0.5, 0.6) is 11.5 Å². The Morgan fingerprint density at radius 3 is 2.50 bits per heavy atom. The zero-order valence-electron chi connectivity index (χ0n) is 23.3. The van der Waals surface area contributed by atoms with Crippen LogP contribution in [0.1, 0.15) is 16.4 Å². The molecular formula is C33H25N3O6S2. The first-order valence-corrected chi connectivity index (χ1v) is 15.5. The van der Waals surface area contributed by atoms with Gasteiger partial charge in [-0.25, -0.2) is 4.90 Å². The minimum Gasteiger partial charge on any atom is -0.493 e. The number of carbonyl (C=O) groups is 3. The average molecular weight is 624 g/mol. The Balaban J connectivity index is 1.16. The van der Waals surface area contributed by atoms with Gasteiger partial charge in [0.05, 0.1) is 23.7 Å². The molecule has 1 saturated heterocycles. The lowest BCUT2D eigenvalue weighted by atomic mass is 9.83. The molecule has 7 rings (SSSR count). The normalized spacial score (nSPS) is 19.0. The molecular weight excluding hydrogens is 599 g/mol. The van der Waals surface area contributed by atoms with Gasteiger partial charge in [-0.15, -0.1) is 0 Å². The topological polar surface area (TPSA) is 118 Å². The number of carbonyl (C=O) groups excluding carboxylic acids is 3. The van der Waals surface area contributed by atoms with E-state index in [4.69, 9.17) is 9.47 Å². The molecule has 220 valence electrons. The number of H-pyrrole nitrogens is 1. The summed E-state index contributed by atoms with van der Waals surface area (Å²) in [5.74, 6) is -1.57. The summed E-state index contributed by atoms with van der Waals surface area (Å²) in [5, 5.41) is 4.73. The molecule has 2 aliphatic rings. The summed E-state index contributed by atoms with van der Waals surface area (Å²) in [6.45, 7) is -0.258. The largest absolute Gasteiger partial charge is 0.493 e. The number of thioether (sulfide) groups is 1. The Hall–Kier alpha value is -4.87. The van der Waals surface area contributed by atoms with Crippen LogP contribution in [-0.4, -0.2) is 41.7 Å². The SMILES string of the molecule is COc1cc(C2c3sc(=O)[nH]c3SC3C(=O)N(c4ccccc4)C(=O)C32)ccc1OCC(=O)Nc1cccc2ccccc12. The number of amides is 3. The van der Waals surface area contributed by atoms with Crippen LogP contribution >= 0.6 is 23.1 Å². The van der Waals surface area contributed by atoms with Crippen molar-refractivity contribution in [3.8, 4) is 11.5 Å². The smallest absolute Gasteiger partial charge is 0.305 e. The van der Waals surface area contributed by atoms with E-state index in [0.29, 0.717) is 38.3 Å². The highest BCUT2D eigenvalue weighted by Gasteiger charge is 2.56. The van der Waals surface area contributed by atoms with Crippen LogP contribution in [0.25, 0.3) is 10.8 Å². The molecule has 0 bridgehead atoms. The summed E-state index contributed by atoms with van der Waals surface area (Å²) in [5.41, 5.74) is 1.89. The van der Waals surface area contributed by atoms with Gasteiger partial charge in [-0.05, 0) is 41.3 Å². The van der Waals surface area contributed by atoms with E-state index in [1.807, 2.05) is 48.5 Å². The van der Waals surface area contributed by atoms with E-state index in [-0.39, 0.29) is 29.2 Å². The van der Waals surface area contributed by atoms with Gasteiger partial charge >= 0.3 is 4.87 Å². The van der Waals surface area contributed by atoms with Gasteiger partial charge in [0.15, 0.2) is 18.1 Å². The number of para-hydroxylation sites is 1. The molecule has 2 N–H and O–H groups in total. The van der Waals surface area contributed by atoms with E-state index in [2.05, 4.69) is 10.3 Å². The van der Waals surface area contributed by atoms with Crippen molar-refractivity contribution in [1.29, 1.82) is 0 Å². The third-order valence-corrected chi connectivity index (χ3v) is 10.2. The molecule has 0 aliphatic carbocycles. The maximum atomic E-state index is 13.9. The van der Waals surface area contributed by atoms with Crippen LogP contribution in [0.2, 0.25) is 0 Å². The van der Waals surface area contributed by atoms with Crippen molar-refractivity contribution in [3.63, 3.8) is 0 Å². The summed E-state index contributed by atoms with van der Waals surface area (Å²) >= 11 is 2.26. The summed E-state index contributed by atoms with van der Waals surface area (Å²) in [6.07, 6.45) is 0. The summed E-state index contributed by atoms with van der Waals surface area (Å²) in [4.78, 5) is 57.3. The van der Waals surface area contributed by atoms with Gasteiger partial charge in [0.2, 0.25) is 11.8 Å². The molecule has 0 radical (unpaired) electrons. The lowest BCUT2D eigenvalue weighted by Crippen LogP contribution is -2.32. The van der Waals surface area contributed by atoms with Crippen molar-refractivity contribution in [2.24, 2.45) is 5.92 Å². The number of anilines is 2. The lowest BCUT2D eigenvalue weighted by molar-refractivity contribution is -0.122. The minimum absolute atomic E-state index is 0.253. The monoisotopic (exact) mass is 623 g/mol. The number of fused-ring (bicyclic) bond motifs is 3. The Morgan fingerprint density at radius 2 is 1.68 bits per heavy atom. The van der Waals surface area contributed by atoms with E-state index >= 15 is 0 Å². The van der Waals surface area contributed by atoms with Crippen molar-refractivity contribution in [2.45, 2.75) is 16.2 Å². The van der Waals surface area contributed by atoms with Crippen molar-refractivity contribution < 1.29 is 23.9 Å². The van der Waals surface area contributed by atoms with Gasteiger partial charge in [0.25, 0.3) is 5.91 Å². The molecule has 44 heavy (non-hydrogen) atoms. The fourth-order valence-electron chi connectivity index (χ4n) is 5.87. The van der Waals surface area contributed by atoms with Crippen LogP contribution in [0.15, 0.2) is 101 Å². The quantitative estimate of drug-likeness (QED) is 0.233. The van der Waals surface area contributed by atoms with Gasteiger partial charge in [0, 0.05) is 21.9 Å². The number of hydrogen-bond acceptors (Lipinski definition) is 8. The summed E-state index contributed by atoms with van der Waals surface area (Å²) in [7, 11) is 1.49. The molecule has 5 aromatic rings. The van der Waals surface area contributed by atoms with Crippen molar-refractivity contribution in [1.82, 2.24) is 4.98 Å². The molecule has 4 aromatic carbocycles. The van der Waals surface area contributed by atoms with Gasteiger partial charge in [-0.2, -0.15) is 0 Å². The van der Waals surface area contributed by atoms with E-state index in [1.54, 1.807) is 42.5 Å². The molecule has 9 nitrogen and oxygen atoms in total. The number of methoxy groups -OCH3 is 1. The first-order valence-electron chi connectivity index (χ1n) is 13.8. The molecule has 2 aliphatic heterocycles. The number of hydrogen-bond donors (Lipinski definition) is 2. The molecule has 1 aromatic heterocycles. The number of benzene rings is 4. The molecule has 3 heterocycles. The van der Waals surface area contributed by atoms with E-state index < -0.39 is 17.1 Å². The molecule has 3 amide bonds. The summed E-state index contributed by atoms with van der Waals surface area (Å²) < 4.78 is 11.5. The summed E-state index contributed by atoms with van der Waals surface area (Å²) in [6, 6.07) is 27.5. The van der Waals surface area contributed by atoms with Gasteiger partial charge in [-0.1, -0.05) is 83.8 Å². The first kappa shape index (κ1) is 27.9. The molecule has 0 spiro atoms. The predicted octanol–water partition coefficient (Wildman–Crippen LogP) is 5.41. The van der Waals surface area contributed by atoms with Gasteiger partial charge in [-0.3, -0.25) is 19.2 Å². The average Bonchev–Trinajstić information content (AvgIpc) is 3.54. The second-order valence-electron chi connectivity index (χ2n) is 10.4. The van der Waals surface area contributed by atoms with Crippen LogP contribution in [0, 0.1) is 5.92 Å². The number of aromatic amines is 1. The maximum absolute atomic E-state index is 13.9. The van der Waals surface area contributed by atoms with Crippen LogP contribution in [0.3, 0.4) is 0 Å². The number of aromatic nitrogens is 1. The fraction of sp³-hybridized carbons (Fsp3) is 0.152.